The Labute approximate surface area is 103 Å². The van der Waals surface area contributed by atoms with Gasteiger partial charge in [-0.3, -0.25) is 0 Å². The van der Waals surface area contributed by atoms with Gasteiger partial charge in [0.2, 0.25) is 0 Å². The molecule has 1 aromatic carbocycles. The highest BCUT2D eigenvalue weighted by molar-refractivity contribution is 5.14. The molecule has 94 valence electrons. The molecule has 0 radical (unpaired) electrons. The minimum absolute atomic E-state index is 0.280. The highest BCUT2D eigenvalue weighted by Gasteiger charge is 2.17. The van der Waals surface area contributed by atoms with Gasteiger partial charge in [-0.2, -0.15) is 0 Å². The minimum atomic E-state index is 0.280. The van der Waals surface area contributed by atoms with Crippen molar-refractivity contribution in [1.29, 1.82) is 0 Å². The van der Waals surface area contributed by atoms with Gasteiger partial charge in [0.25, 0.3) is 0 Å². The number of nitrogens with zero attached hydrogens (tertiary/aromatic N) is 1. The van der Waals surface area contributed by atoms with Crippen LogP contribution < -0.4 is 5.32 Å². The number of benzene rings is 1. The SMILES string of the molecule is OCCN1CCC(NCc2ccccc2)CC1. The molecule has 0 saturated carbocycles. The topological polar surface area (TPSA) is 35.5 Å². The number of aliphatic hydroxyl groups excluding tert-OH is 1. The number of hydrogen-bond acceptors (Lipinski definition) is 3. The summed E-state index contributed by atoms with van der Waals surface area (Å²) in [7, 11) is 0. The first kappa shape index (κ1) is 12.6. The molecule has 1 aromatic rings. The Morgan fingerprint density at radius 3 is 2.53 bits per heavy atom. The van der Waals surface area contributed by atoms with Crippen molar-refractivity contribution in [3.63, 3.8) is 0 Å². The van der Waals surface area contributed by atoms with Gasteiger partial charge in [-0.25, -0.2) is 0 Å². The van der Waals surface area contributed by atoms with E-state index in [0.29, 0.717) is 6.04 Å². The monoisotopic (exact) mass is 234 g/mol. The number of nitrogens with one attached hydrogen (secondary N) is 1. The quantitative estimate of drug-likeness (QED) is 0.804. The van der Waals surface area contributed by atoms with E-state index in [2.05, 4.69) is 40.5 Å². The molecule has 1 aliphatic rings. The van der Waals surface area contributed by atoms with Crippen LogP contribution in [0.4, 0.5) is 0 Å². The van der Waals surface area contributed by atoms with E-state index >= 15 is 0 Å². The summed E-state index contributed by atoms with van der Waals surface area (Å²) >= 11 is 0. The molecule has 2 N–H and O–H groups in total. The van der Waals surface area contributed by atoms with Gasteiger partial charge in [-0.1, -0.05) is 30.3 Å². The minimum Gasteiger partial charge on any atom is -0.395 e. The Morgan fingerprint density at radius 1 is 1.18 bits per heavy atom. The molecule has 0 spiro atoms. The van der Waals surface area contributed by atoms with Gasteiger partial charge in [0, 0.05) is 19.1 Å². The molecule has 1 fully saturated rings. The van der Waals surface area contributed by atoms with E-state index < -0.39 is 0 Å². The molecule has 0 unspecified atom stereocenters. The molecule has 2 rings (SSSR count). The summed E-state index contributed by atoms with van der Waals surface area (Å²) in [6.07, 6.45) is 2.37. The van der Waals surface area contributed by atoms with Crippen molar-refractivity contribution in [3.05, 3.63) is 35.9 Å². The third-order valence-corrected chi connectivity index (χ3v) is 3.44. The zero-order valence-electron chi connectivity index (χ0n) is 10.3. The van der Waals surface area contributed by atoms with Crippen molar-refractivity contribution >= 4 is 0 Å². The highest BCUT2D eigenvalue weighted by atomic mass is 16.3. The lowest BCUT2D eigenvalue weighted by Gasteiger charge is -2.32. The van der Waals surface area contributed by atoms with Gasteiger partial charge in [-0.05, 0) is 31.5 Å². The number of likely N-dealkylation sites (tertiary alicyclic amines) is 1. The van der Waals surface area contributed by atoms with Crippen molar-refractivity contribution < 1.29 is 5.11 Å². The summed E-state index contributed by atoms with van der Waals surface area (Å²) < 4.78 is 0. The summed E-state index contributed by atoms with van der Waals surface area (Å²) in [6.45, 7) is 4.28. The fourth-order valence-electron chi connectivity index (χ4n) is 2.36. The Balaban J connectivity index is 1.68. The van der Waals surface area contributed by atoms with Gasteiger partial charge in [-0.15, -0.1) is 0 Å². The molecule has 3 heteroatoms. The number of rotatable bonds is 5. The van der Waals surface area contributed by atoms with Gasteiger partial charge < -0.3 is 15.3 Å². The van der Waals surface area contributed by atoms with E-state index in [1.165, 1.54) is 18.4 Å². The molecule has 1 saturated heterocycles. The summed E-state index contributed by atoms with van der Waals surface area (Å²) in [5.74, 6) is 0. The first-order chi connectivity index (χ1) is 8.38. The van der Waals surface area contributed by atoms with Crippen LogP contribution in [0.5, 0.6) is 0 Å². The summed E-state index contributed by atoms with van der Waals surface area (Å²) in [6, 6.07) is 11.2. The molecule has 1 heterocycles. The summed E-state index contributed by atoms with van der Waals surface area (Å²) in [4.78, 5) is 2.33. The maximum absolute atomic E-state index is 8.88. The predicted molar refractivity (Wildman–Crippen MR) is 69.8 cm³/mol. The van der Waals surface area contributed by atoms with Gasteiger partial charge >= 0.3 is 0 Å². The molecule has 1 aliphatic heterocycles. The van der Waals surface area contributed by atoms with E-state index in [9.17, 15) is 0 Å². The van der Waals surface area contributed by atoms with E-state index in [1.807, 2.05) is 0 Å². The average molecular weight is 234 g/mol. The molecular weight excluding hydrogens is 212 g/mol. The van der Waals surface area contributed by atoms with E-state index in [1.54, 1.807) is 0 Å². The fourth-order valence-corrected chi connectivity index (χ4v) is 2.36. The molecular formula is C14H22N2O. The largest absolute Gasteiger partial charge is 0.395 e. The second-order valence-corrected chi connectivity index (χ2v) is 4.71. The first-order valence-electron chi connectivity index (χ1n) is 6.49. The molecule has 0 bridgehead atoms. The molecule has 3 nitrogen and oxygen atoms in total. The molecule has 0 amide bonds. The summed E-state index contributed by atoms with van der Waals surface area (Å²) in [5, 5.41) is 12.5. The van der Waals surface area contributed by atoms with Crippen molar-refractivity contribution in [2.45, 2.75) is 25.4 Å². The van der Waals surface area contributed by atoms with Crippen LogP contribution in [0.2, 0.25) is 0 Å². The van der Waals surface area contributed by atoms with Crippen LogP contribution in [0.15, 0.2) is 30.3 Å². The summed E-state index contributed by atoms with van der Waals surface area (Å²) in [5.41, 5.74) is 1.35. The van der Waals surface area contributed by atoms with Gasteiger partial charge in [0.05, 0.1) is 6.61 Å². The number of piperidine rings is 1. The van der Waals surface area contributed by atoms with E-state index in [4.69, 9.17) is 5.11 Å². The van der Waals surface area contributed by atoms with Crippen LogP contribution in [-0.4, -0.2) is 42.3 Å². The predicted octanol–water partition coefficient (Wildman–Crippen LogP) is 1.23. The van der Waals surface area contributed by atoms with E-state index in [0.717, 1.165) is 26.2 Å². The van der Waals surface area contributed by atoms with Crippen molar-refractivity contribution in [3.8, 4) is 0 Å². The lowest BCUT2D eigenvalue weighted by Crippen LogP contribution is -2.43. The second kappa shape index (κ2) is 6.74. The van der Waals surface area contributed by atoms with Crippen LogP contribution in [0.3, 0.4) is 0 Å². The zero-order valence-corrected chi connectivity index (χ0v) is 10.3. The lowest BCUT2D eigenvalue weighted by atomic mass is 10.0. The van der Waals surface area contributed by atoms with Crippen LogP contribution in [0.1, 0.15) is 18.4 Å². The first-order valence-corrected chi connectivity index (χ1v) is 6.49. The standard InChI is InChI=1S/C14H22N2O/c17-11-10-16-8-6-14(7-9-16)15-12-13-4-2-1-3-5-13/h1-5,14-15,17H,6-12H2. The zero-order chi connectivity index (χ0) is 11.9. The maximum Gasteiger partial charge on any atom is 0.0558 e. The van der Waals surface area contributed by atoms with Crippen LogP contribution >= 0.6 is 0 Å². The molecule has 0 aliphatic carbocycles. The van der Waals surface area contributed by atoms with Gasteiger partial charge in [0.15, 0.2) is 0 Å². The Morgan fingerprint density at radius 2 is 1.88 bits per heavy atom. The second-order valence-electron chi connectivity index (χ2n) is 4.71. The fraction of sp³-hybridized carbons (Fsp3) is 0.571. The Bertz CT molecular complexity index is 307. The normalized spacial score (nSPS) is 18.4. The third-order valence-electron chi connectivity index (χ3n) is 3.44. The van der Waals surface area contributed by atoms with E-state index in [-0.39, 0.29) is 6.61 Å². The smallest absolute Gasteiger partial charge is 0.0558 e. The maximum atomic E-state index is 8.88. The molecule has 17 heavy (non-hydrogen) atoms. The number of hydrogen-bond donors (Lipinski definition) is 2. The third kappa shape index (κ3) is 4.11. The molecule has 0 atom stereocenters. The Hall–Kier alpha value is -0.900. The Kier molecular flexibility index (Phi) is 4.98. The van der Waals surface area contributed by atoms with Crippen LogP contribution in [-0.2, 0) is 6.54 Å². The highest BCUT2D eigenvalue weighted by Crippen LogP contribution is 2.10. The van der Waals surface area contributed by atoms with Crippen LogP contribution in [0, 0.1) is 0 Å². The lowest BCUT2D eigenvalue weighted by molar-refractivity contribution is 0.156. The number of aliphatic hydroxyl groups is 1. The number of β-amino-alcohol motifs (C(OH)–C–C–N with tert-alkyl or cyclic N) is 1. The van der Waals surface area contributed by atoms with Crippen LogP contribution in [0.25, 0.3) is 0 Å². The van der Waals surface area contributed by atoms with Gasteiger partial charge in [0.1, 0.15) is 0 Å². The van der Waals surface area contributed by atoms with Crippen molar-refractivity contribution in [1.82, 2.24) is 10.2 Å². The van der Waals surface area contributed by atoms with Crippen molar-refractivity contribution in [2.75, 3.05) is 26.2 Å². The molecule has 0 aromatic heterocycles. The average Bonchev–Trinajstić information content (AvgIpc) is 2.40. The van der Waals surface area contributed by atoms with Crippen molar-refractivity contribution in [2.24, 2.45) is 0 Å².